The van der Waals surface area contributed by atoms with Gasteiger partial charge in [0.1, 0.15) is 11.8 Å². The van der Waals surface area contributed by atoms with Crippen molar-refractivity contribution in [2.45, 2.75) is 64.1 Å². The fourth-order valence-corrected chi connectivity index (χ4v) is 3.08. The zero-order valence-electron chi connectivity index (χ0n) is 15.3. The minimum Gasteiger partial charge on any atom is -0.493 e. The van der Waals surface area contributed by atoms with Crippen molar-refractivity contribution in [3.05, 3.63) is 42.0 Å². The molecule has 2 aromatic rings. The van der Waals surface area contributed by atoms with Crippen molar-refractivity contribution in [3.8, 4) is 5.75 Å². The Morgan fingerprint density at radius 2 is 1.58 bits per heavy atom. The number of rotatable bonds is 10. The monoisotopic (exact) mass is 367 g/mol. The third-order valence-corrected chi connectivity index (χ3v) is 4.59. The number of hydrogen-bond donors (Lipinski definition) is 1. The van der Waals surface area contributed by atoms with Crippen LogP contribution in [-0.2, 0) is 0 Å². The lowest BCUT2D eigenvalue weighted by atomic mass is 10.00. The molecule has 0 aliphatic carbocycles. The van der Waals surface area contributed by atoms with Crippen LogP contribution in [0.25, 0.3) is 10.8 Å². The maximum absolute atomic E-state index is 13.1. The molecule has 2 nitrogen and oxygen atoms in total. The van der Waals surface area contributed by atoms with Gasteiger partial charge in [-0.15, -0.1) is 0 Å². The molecule has 0 aromatic heterocycles. The number of hydrogen-bond acceptors (Lipinski definition) is 2. The highest BCUT2D eigenvalue weighted by Crippen LogP contribution is 2.39. The van der Waals surface area contributed by atoms with Crippen LogP contribution in [-0.4, -0.2) is 12.8 Å². The molecule has 0 fully saturated rings. The normalized spacial score (nSPS) is 13.1. The van der Waals surface area contributed by atoms with Crippen LogP contribution in [0.5, 0.6) is 5.75 Å². The lowest BCUT2D eigenvalue weighted by molar-refractivity contribution is -0.149. The molecule has 26 heavy (non-hydrogen) atoms. The Morgan fingerprint density at radius 3 is 2.27 bits per heavy atom. The average Bonchev–Trinajstić information content (AvgIpc) is 2.62. The van der Waals surface area contributed by atoms with Crippen LogP contribution in [0.1, 0.15) is 63.5 Å². The first-order chi connectivity index (χ1) is 12.4. The predicted molar refractivity (Wildman–Crippen MR) is 100 cm³/mol. The van der Waals surface area contributed by atoms with Crippen LogP contribution in [0.2, 0.25) is 0 Å². The Morgan fingerprint density at radius 1 is 0.923 bits per heavy atom. The number of benzene rings is 2. The number of halogens is 3. The number of unbranched alkanes of at least 4 members (excludes halogenated alkanes) is 6. The van der Waals surface area contributed by atoms with E-state index in [9.17, 15) is 13.2 Å². The molecule has 0 unspecified atom stereocenters. The molecule has 0 amide bonds. The molecule has 0 aliphatic rings. The topological polar surface area (TPSA) is 35.2 Å². The first kappa shape index (κ1) is 20.6. The van der Waals surface area contributed by atoms with Crippen LogP contribution < -0.4 is 10.5 Å². The van der Waals surface area contributed by atoms with Crippen LogP contribution in [0, 0.1) is 0 Å². The maximum atomic E-state index is 13.1. The van der Waals surface area contributed by atoms with Gasteiger partial charge < -0.3 is 10.5 Å². The van der Waals surface area contributed by atoms with Crippen LogP contribution in [0.3, 0.4) is 0 Å². The van der Waals surface area contributed by atoms with E-state index in [2.05, 4.69) is 6.92 Å². The molecule has 144 valence electrons. The van der Waals surface area contributed by atoms with Gasteiger partial charge in [-0.05, 0) is 11.8 Å². The SMILES string of the molecule is CCCCCCCCCOc1c([C@H](N)C(F)(F)F)ccc2ccccc12. The summed E-state index contributed by atoms with van der Waals surface area (Å²) < 4.78 is 45.2. The van der Waals surface area contributed by atoms with Gasteiger partial charge in [0.15, 0.2) is 0 Å². The average molecular weight is 367 g/mol. The molecule has 0 saturated carbocycles. The summed E-state index contributed by atoms with van der Waals surface area (Å²) in [5.41, 5.74) is 5.46. The number of fused-ring (bicyclic) bond motifs is 1. The quantitative estimate of drug-likeness (QED) is 0.484. The molecule has 2 N–H and O–H groups in total. The van der Waals surface area contributed by atoms with E-state index in [1.54, 1.807) is 18.2 Å². The summed E-state index contributed by atoms with van der Waals surface area (Å²) in [6, 6.07) is 8.34. The number of ether oxygens (including phenoxy) is 1. The van der Waals surface area contributed by atoms with Crippen LogP contribution >= 0.6 is 0 Å². The first-order valence-corrected chi connectivity index (χ1v) is 9.42. The zero-order chi connectivity index (χ0) is 19.0. The third-order valence-electron chi connectivity index (χ3n) is 4.59. The summed E-state index contributed by atoms with van der Waals surface area (Å²) in [6.07, 6.45) is 3.40. The summed E-state index contributed by atoms with van der Waals surface area (Å²) in [6.45, 7) is 2.58. The van der Waals surface area contributed by atoms with Gasteiger partial charge in [-0.25, -0.2) is 0 Å². The Labute approximate surface area is 153 Å². The Hall–Kier alpha value is -1.75. The van der Waals surface area contributed by atoms with Gasteiger partial charge in [0.25, 0.3) is 0 Å². The van der Waals surface area contributed by atoms with Gasteiger partial charge in [0.2, 0.25) is 0 Å². The van der Waals surface area contributed by atoms with Gasteiger partial charge in [0, 0.05) is 10.9 Å². The summed E-state index contributed by atoms with van der Waals surface area (Å²) in [5.74, 6) is 0.263. The van der Waals surface area contributed by atoms with Crippen LogP contribution in [0.15, 0.2) is 36.4 Å². The molecule has 0 heterocycles. The summed E-state index contributed by atoms with van der Waals surface area (Å²) >= 11 is 0. The molecule has 2 aromatic carbocycles. The van der Waals surface area contributed by atoms with Crippen LogP contribution in [0.4, 0.5) is 13.2 Å². The van der Waals surface area contributed by atoms with E-state index >= 15 is 0 Å². The highest BCUT2D eigenvalue weighted by Gasteiger charge is 2.39. The number of nitrogens with two attached hydrogens (primary N) is 1. The largest absolute Gasteiger partial charge is 0.493 e. The molecular formula is C21H28F3NO. The van der Waals surface area contributed by atoms with E-state index in [0.29, 0.717) is 12.0 Å². The Bertz CT molecular complexity index is 685. The zero-order valence-corrected chi connectivity index (χ0v) is 15.3. The highest BCUT2D eigenvalue weighted by molar-refractivity contribution is 5.89. The molecule has 1 atom stereocenters. The van der Waals surface area contributed by atoms with Gasteiger partial charge >= 0.3 is 6.18 Å². The van der Waals surface area contributed by atoms with E-state index in [1.165, 1.54) is 31.7 Å². The van der Waals surface area contributed by atoms with Crippen molar-refractivity contribution in [2.75, 3.05) is 6.61 Å². The molecule has 5 heteroatoms. The smallest absolute Gasteiger partial charge is 0.407 e. The number of alkyl halides is 3. The Kier molecular flexibility index (Phi) is 7.76. The van der Waals surface area contributed by atoms with E-state index in [1.807, 2.05) is 12.1 Å². The fraction of sp³-hybridized carbons (Fsp3) is 0.524. The second-order valence-electron chi connectivity index (χ2n) is 6.69. The van der Waals surface area contributed by atoms with Crippen molar-refractivity contribution >= 4 is 10.8 Å². The van der Waals surface area contributed by atoms with E-state index in [-0.39, 0.29) is 11.3 Å². The van der Waals surface area contributed by atoms with Crippen molar-refractivity contribution in [3.63, 3.8) is 0 Å². The lowest BCUT2D eigenvalue weighted by Gasteiger charge is -2.21. The molecule has 0 spiro atoms. The maximum Gasteiger partial charge on any atom is 0.407 e. The van der Waals surface area contributed by atoms with E-state index < -0.39 is 12.2 Å². The molecular weight excluding hydrogens is 339 g/mol. The van der Waals surface area contributed by atoms with E-state index in [4.69, 9.17) is 10.5 Å². The third kappa shape index (κ3) is 5.63. The van der Waals surface area contributed by atoms with Gasteiger partial charge in [-0.3, -0.25) is 0 Å². The molecule has 0 aliphatic heterocycles. The van der Waals surface area contributed by atoms with Crippen molar-refractivity contribution < 1.29 is 17.9 Å². The second kappa shape index (κ2) is 9.81. The predicted octanol–water partition coefficient (Wildman–Crippen LogP) is 6.53. The van der Waals surface area contributed by atoms with Crippen molar-refractivity contribution in [1.82, 2.24) is 0 Å². The van der Waals surface area contributed by atoms with Crippen molar-refractivity contribution in [1.29, 1.82) is 0 Å². The van der Waals surface area contributed by atoms with Gasteiger partial charge in [-0.1, -0.05) is 81.8 Å². The second-order valence-corrected chi connectivity index (χ2v) is 6.69. The summed E-state index contributed by atoms with van der Waals surface area (Å²) in [4.78, 5) is 0. The molecule has 0 radical (unpaired) electrons. The first-order valence-electron chi connectivity index (χ1n) is 9.42. The molecule has 0 saturated heterocycles. The minimum atomic E-state index is -4.50. The van der Waals surface area contributed by atoms with Gasteiger partial charge in [-0.2, -0.15) is 13.2 Å². The highest BCUT2D eigenvalue weighted by atomic mass is 19.4. The van der Waals surface area contributed by atoms with E-state index in [0.717, 1.165) is 24.6 Å². The van der Waals surface area contributed by atoms with Crippen molar-refractivity contribution in [2.24, 2.45) is 5.73 Å². The van der Waals surface area contributed by atoms with Gasteiger partial charge in [0.05, 0.1) is 6.61 Å². The Balaban J connectivity index is 2.06. The fourth-order valence-electron chi connectivity index (χ4n) is 3.08. The molecule has 0 bridgehead atoms. The summed E-state index contributed by atoms with van der Waals surface area (Å²) in [7, 11) is 0. The molecule has 2 rings (SSSR count). The summed E-state index contributed by atoms with van der Waals surface area (Å²) in [5, 5.41) is 1.52. The standard InChI is InChI=1S/C21H28F3NO/c1-2-3-4-5-6-7-10-15-26-19-17-12-9-8-11-16(17)13-14-18(19)20(25)21(22,23)24/h8-9,11-14,20H,2-7,10,15,25H2,1H3/t20-/m0/s1. The minimum absolute atomic E-state index is 0.000791. The lowest BCUT2D eigenvalue weighted by Crippen LogP contribution is -2.29.